The van der Waals surface area contributed by atoms with E-state index in [2.05, 4.69) is 19.9 Å². The Morgan fingerprint density at radius 1 is 1.28 bits per heavy atom. The Balaban J connectivity index is 2.01. The quantitative estimate of drug-likeness (QED) is 0.893. The number of ether oxygens (including phenoxy) is 2. The van der Waals surface area contributed by atoms with Crippen LogP contribution in [0.15, 0.2) is 24.3 Å². The Morgan fingerprint density at radius 3 is 2.61 bits per heavy atom. The third kappa shape index (κ3) is 3.24. The molecule has 0 atom stereocenters. The Labute approximate surface area is 109 Å². The summed E-state index contributed by atoms with van der Waals surface area (Å²) in [5, 5.41) is 10.4. The lowest BCUT2D eigenvalue weighted by atomic mass is 9.95. The maximum absolute atomic E-state index is 10.4. The van der Waals surface area contributed by atoms with E-state index in [1.165, 1.54) is 5.56 Å². The van der Waals surface area contributed by atoms with Crippen LogP contribution in [0.25, 0.3) is 0 Å². The Hall–Kier alpha value is -1.06. The molecule has 0 aliphatic carbocycles. The van der Waals surface area contributed by atoms with E-state index in [4.69, 9.17) is 9.47 Å². The molecule has 0 aromatic heterocycles. The molecule has 18 heavy (non-hydrogen) atoms. The minimum Gasteiger partial charge on any atom is -0.490 e. The van der Waals surface area contributed by atoms with Crippen LogP contribution in [0.4, 0.5) is 0 Å². The molecule has 0 unspecified atom stereocenters. The summed E-state index contributed by atoms with van der Waals surface area (Å²) >= 11 is 0. The molecule has 3 nitrogen and oxygen atoms in total. The maximum Gasteiger partial charge on any atom is 0.122 e. The van der Waals surface area contributed by atoms with Gasteiger partial charge in [-0.2, -0.15) is 0 Å². The fraction of sp³-hybridized carbons (Fsp3) is 0.600. The van der Waals surface area contributed by atoms with Gasteiger partial charge in [0.15, 0.2) is 0 Å². The average Bonchev–Trinajstić information content (AvgIpc) is 2.38. The number of hydrogen-bond donors (Lipinski definition) is 1. The first-order valence-electron chi connectivity index (χ1n) is 6.63. The van der Waals surface area contributed by atoms with Crippen LogP contribution < -0.4 is 4.74 Å². The predicted molar refractivity (Wildman–Crippen MR) is 71.0 cm³/mol. The summed E-state index contributed by atoms with van der Waals surface area (Å²) in [6, 6.07) is 8.03. The van der Waals surface area contributed by atoms with Crippen LogP contribution in [0.2, 0.25) is 0 Å². The van der Waals surface area contributed by atoms with Gasteiger partial charge in [-0.3, -0.25) is 0 Å². The van der Waals surface area contributed by atoms with Crippen LogP contribution in [-0.2, 0) is 4.74 Å². The minimum absolute atomic E-state index is 0.347. The van der Waals surface area contributed by atoms with Crippen molar-refractivity contribution in [1.29, 1.82) is 0 Å². The second-order valence-electron chi connectivity index (χ2n) is 5.32. The Morgan fingerprint density at radius 2 is 1.94 bits per heavy atom. The van der Waals surface area contributed by atoms with Gasteiger partial charge in [-0.25, -0.2) is 0 Å². The van der Waals surface area contributed by atoms with Gasteiger partial charge in [-0.15, -0.1) is 0 Å². The second kappa shape index (κ2) is 5.72. The highest BCUT2D eigenvalue weighted by Crippen LogP contribution is 2.28. The Bertz CT molecular complexity index is 381. The zero-order valence-corrected chi connectivity index (χ0v) is 11.2. The van der Waals surface area contributed by atoms with E-state index in [9.17, 15) is 5.11 Å². The summed E-state index contributed by atoms with van der Waals surface area (Å²) in [4.78, 5) is 0. The standard InChI is InChI=1S/C15H22O3/c1-12(2)13-5-3-4-6-14(13)18-11-15(16)7-9-17-10-8-15/h3-6,12,16H,7-11H2,1-2H3. The molecule has 1 saturated heterocycles. The van der Waals surface area contributed by atoms with Crippen LogP contribution in [0, 0.1) is 0 Å². The zero-order chi connectivity index (χ0) is 13.0. The van der Waals surface area contributed by atoms with Crippen molar-refractivity contribution >= 4 is 0 Å². The highest BCUT2D eigenvalue weighted by molar-refractivity contribution is 5.35. The van der Waals surface area contributed by atoms with Gasteiger partial charge in [-0.1, -0.05) is 32.0 Å². The van der Waals surface area contributed by atoms with E-state index in [1.807, 2.05) is 18.2 Å². The number of rotatable bonds is 4. The average molecular weight is 250 g/mol. The topological polar surface area (TPSA) is 38.7 Å². The fourth-order valence-electron chi connectivity index (χ4n) is 2.20. The highest BCUT2D eigenvalue weighted by atomic mass is 16.5. The molecule has 2 rings (SSSR count). The van der Waals surface area contributed by atoms with Gasteiger partial charge in [0.1, 0.15) is 18.0 Å². The van der Waals surface area contributed by atoms with E-state index in [0.29, 0.717) is 38.6 Å². The number of hydrogen-bond acceptors (Lipinski definition) is 3. The molecule has 0 saturated carbocycles. The summed E-state index contributed by atoms with van der Waals surface area (Å²) in [6.45, 7) is 5.87. The molecule has 1 aliphatic heterocycles. The molecule has 3 heteroatoms. The van der Waals surface area contributed by atoms with Gasteiger partial charge in [0, 0.05) is 26.1 Å². The summed E-state index contributed by atoms with van der Waals surface area (Å²) in [5.74, 6) is 1.30. The Kier molecular flexibility index (Phi) is 4.25. The van der Waals surface area contributed by atoms with Crippen molar-refractivity contribution < 1.29 is 14.6 Å². The third-order valence-electron chi connectivity index (χ3n) is 3.46. The van der Waals surface area contributed by atoms with E-state index < -0.39 is 5.60 Å². The number of aliphatic hydroxyl groups is 1. The summed E-state index contributed by atoms with van der Waals surface area (Å²) in [6.07, 6.45) is 1.30. The molecule has 1 heterocycles. The first-order chi connectivity index (χ1) is 8.61. The molecule has 0 spiro atoms. The molecule has 0 amide bonds. The smallest absolute Gasteiger partial charge is 0.122 e. The van der Waals surface area contributed by atoms with Crippen LogP contribution >= 0.6 is 0 Å². The van der Waals surface area contributed by atoms with Gasteiger partial charge in [0.05, 0.1) is 0 Å². The van der Waals surface area contributed by atoms with Crippen molar-refractivity contribution in [2.45, 2.75) is 38.2 Å². The molecule has 1 aromatic carbocycles. The van der Waals surface area contributed by atoms with Crippen molar-refractivity contribution in [3.8, 4) is 5.75 Å². The molecule has 1 aromatic rings. The molecular weight excluding hydrogens is 228 g/mol. The summed E-state index contributed by atoms with van der Waals surface area (Å²) in [5.41, 5.74) is 0.454. The van der Waals surface area contributed by atoms with Gasteiger partial charge in [0.25, 0.3) is 0 Å². The first-order valence-corrected chi connectivity index (χ1v) is 6.63. The lowest BCUT2D eigenvalue weighted by Gasteiger charge is -2.32. The van der Waals surface area contributed by atoms with Gasteiger partial charge < -0.3 is 14.6 Å². The van der Waals surface area contributed by atoms with Crippen LogP contribution in [0.5, 0.6) is 5.75 Å². The summed E-state index contributed by atoms with van der Waals surface area (Å²) in [7, 11) is 0. The lowest BCUT2D eigenvalue weighted by Crippen LogP contribution is -2.41. The molecule has 100 valence electrons. The van der Waals surface area contributed by atoms with Gasteiger partial charge in [0.2, 0.25) is 0 Å². The van der Waals surface area contributed by atoms with Crippen molar-refractivity contribution in [3.05, 3.63) is 29.8 Å². The minimum atomic E-state index is -0.734. The van der Waals surface area contributed by atoms with Crippen molar-refractivity contribution in [2.24, 2.45) is 0 Å². The predicted octanol–water partition coefficient (Wildman–Crippen LogP) is 2.73. The van der Waals surface area contributed by atoms with E-state index in [-0.39, 0.29) is 0 Å². The van der Waals surface area contributed by atoms with Crippen molar-refractivity contribution in [2.75, 3.05) is 19.8 Å². The van der Waals surface area contributed by atoms with Crippen molar-refractivity contribution in [1.82, 2.24) is 0 Å². The summed E-state index contributed by atoms with van der Waals surface area (Å²) < 4.78 is 11.1. The molecular formula is C15H22O3. The number of benzene rings is 1. The number of para-hydroxylation sites is 1. The van der Waals surface area contributed by atoms with E-state index in [0.717, 1.165) is 5.75 Å². The van der Waals surface area contributed by atoms with Crippen LogP contribution in [0.3, 0.4) is 0 Å². The SMILES string of the molecule is CC(C)c1ccccc1OCC1(O)CCOCC1. The molecule has 0 radical (unpaired) electrons. The van der Waals surface area contributed by atoms with E-state index >= 15 is 0 Å². The largest absolute Gasteiger partial charge is 0.490 e. The fourth-order valence-corrected chi connectivity index (χ4v) is 2.20. The molecule has 1 fully saturated rings. The maximum atomic E-state index is 10.4. The van der Waals surface area contributed by atoms with Crippen LogP contribution in [0.1, 0.15) is 38.2 Å². The van der Waals surface area contributed by atoms with E-state index in [1.54, 1.807) is 0 Å². The first kappa shape index (κ1) is 13.4. The molecule has 0 bridgehead atoms. The van der Waals surface area contributed by atoms with Crippen molar-refractivity contribution in [3.63, 3.8) is 0 Å². The monoisotopic (exact) mass is 250 g/mol. The van der Waals surface area contributed by atoms with Gasteiger partial charge >= 0.3 is 0 Å². The molecule has 1 N–H and O–H groups in total. The van der Waals surface area contributed by atoms with Gasteiger partial charge in [-0.05, 0) is 17.5 Å². The highest BCUT2D eigenvalue weighted by Gasteiger charge is 2.30. The zero-order valence-electron chi connectivity index (χ0n) is 11.2. The normalized spacial score (nSPS) is 18.9. The second-order valence-corrected chi connectivity index (χ2v) is 5.32. The van der Waals surface area contributed by atoms with Crippen LogP contribution in [-0.4, -0.2) is 30.5 Å². The lowest BCUT2D eigenvalue weighted by molar-refractivity contribution is -0.0857. The molecule has 1 aliphatic rings. The third-order valence-corrected chi connectivity index (χ3v) is 3.46.